The van der Waals surface area contributed by atoms with Crippen LogP contribution in [0.1, 0.15) is 39.5 Å². The van der Waals surface area contributed by atoms with Crippen molar-refractivity contribution in [2.75, 3.05) is 0 Å². The molecule has 5 unspecified atom stereocenters. The van der Waals surface area contributed by atoms with E-state index in [1.165, 1.54) is 0 Å². The molecule has 3 N–H and O–H groups in total. The molecular formula is C13H22N2O3. The van der Waals surface area contributed by atoms with Crippen LogP contribution in [0.15, 0.2) is 0 Å². The van der Waals surface area contributed by atoms with Gasteiger partial charge in [-0.05, 0) is 44.4 Å². The molecule has 2 aliphatic carbocycles. The van der Waals surface area contributed by atoms with Crippen molar-refractivity contribution in [3.05, 3.63) is 0 Å². The maximum atomic E-state index is 11.8. The van der Waals surface area contributed by atoms with Crippen molar-refractivity contribution in [2.24, 2.45) is 17.8 Å². The van der Waals surface area contributed by atoms with Gasteiger partial charge < -0.3 is 15.7 Å². The molecule has 2 rings (SSSR count). The molecule has 5 heteroatoms. The first kappa shape index (κ1) is 13.2. The average molecular weight is 254 g/mol. The van der Waals surface area contributed by atoms with Crippen LogP contribution in [0.5, 0.6) is 0 Å². The molecule has 18 heavy (non-hydrogen) atoms. The summed E-state index contributed by atoms with van der Waals surface area (Å²) in [6, 6.07) is -0.301. The van der Waals surface area contributed by atoms with Crippen LogP contribution in [0.3, 0.4) is 0 Å². The summed E-state index contributed by atoms with van der Waals surface area (Å²) in [4.78, 5) is 23.1. The summed E-state index contributed by atoms with van der Waals surface area (Å²) >= 11 is 0. The molecule has 0 aromatic rings. The summed E-state index contributed by atoms with van der Waals surface area (Å²) in [5.41, 5.74) is 0. The third-order valence-corrected chi connectivity index (χ3v) is 4.49. The topological polar surface area (TPSA) is 78.4 Å². The maximum Gasteiger partial charge on any atom is 0.315 e. The van der Waals surface area contributed by atoms with E-state index in [4.69, 9.17) is 0 Å². The van der Waals surface area contributed by atoms with Gasteiger partial charge in [-0.3, -0.25) is 4.79 Å². The van der Waals surface area contributed by atoms with Crippen LogP contribution in [0.25, 0.3) is 0 Å². The lowest BCUT2D eigenvalue weighted by Crippen LogP contribution is -2.51. The van der Waals surface area contributed by atoms with E-state index >= 15 is 0 Å². The number of carbonyl (C=O) groups excluding carboxylic acids is 1. The van der Waals surface area contributed by atoms with Gasteiger partial charge in [0.1, 0.15) is 0 Å². The molecule has 2 bridgehead atoms. The number of carbonyl (C=O) groups is 2. The van der Waals surface area contributed by atoms with Crippen LogP contribution in [-0.2, 0) is 4.79 Å². The van der Waals surface area contributed by atoms with Crippen molar-refractivity contribution in [2.45, 2.75) is 51.6 Å². The second kappa shape index (κ2) is 5.16. The summed E-state index contributed by atoms with van der Waals surface area (Å²) in [5.74, 6) is -0.567. The number of carboxylic acid groups (broad SMARTS) is 1. The van der Waals surface area contributed by atoms with E-state index in [9.17, 15) is 14.7 Å². The molecule has 0 aromatic heterocycles. The Morgan fingerprint density at radius 3 is 2.61 bits per heavy atom. The molecule has 0 aliphatic heterocycles. The van der Waals surface area contributed by atoms with Gasteiger partial charge in [0.15, 0.2) is 0 Å². The number of hydrogen-bond acceptors (Lipinski definition) is 2. The third-order valence-electron chi connectivity index (χ3n) is 4.49. The largest absolute Gasteiger partial charge is 0.481 e. The fourth-order valence-corrected chi connectivity index (χ4v) is 3.37. The highest BCUT2D eigenvalue weighted by Crippen LogP contribution is 2.48. The molecule has 2 fully saturated rings. The predicted molar refractivity (Wildman–Crippen MR) is 67.2 cm³/mol. The van der Waals surface area contributed by atoms with Gasteiger partial charge >= 0.3 is 12.0 Å². The standard InChI is InChI=1S/C13H22N2O3/c1-3-7(2)14-13(18)15-11-9-5-4-8(6-9)10(11)12(16)17/h7-11H,3-6H2,1-2H3,(H,16,17)(H2,14,15,18). The van der Waals surface area contributed by atoms with Crippen LogP contribution >= 0.6 is 0 Å². The Balaban J connectivity index is 1.95. The summed E-state index contributed by atoms with van der Waals surface area (Å²) < 4.78 is 0. The van der Waals surface area contributed by atoms with E-state index in [-0.39, 0.29) is 24.0 Å². The lowest BCUT2D eigenvalue weighted by Gasteiger charge is -2.29. The van der Waals surface area contributed by atoms with Gasteiger partial charge in [-0.15, -0.1) is 0 Å². The average Bonchev–Trinajstić information content (AvgIpc) is 2.88. The minimum atomic E-state index is -0.768. The van der Waals surface area contributed by atoms with Gasteiger partial charge in [0.25, 0.3) is 0 Å². The first-order chi connectivity index (χ1) is 8.52. The van der Waals surface area contributed by atoms with Gasteiger partial charge in [-0.2, -0.15) is 0 Å². The van der Waals surface area contributed by atoms with Crippen molar-refractivity contribution in [3.8, 4) is 0 Å². The highest BCUT2D eigenvalue weighted by molar-refractivity contribution is 5.77. The minimum absolute atomic E-state index is 0.117. The molecule has 102 valence electrons. The summed E-state index contributed by atoms with van der Waals surface area (Å²) in [7, 11) is 0. The zero-order valence-corrected chi connectivity index (χ0v) is 11.0. The number of aliphatic carboxylic acids is 1. The van der Waals surface area contributed by atoms with Crippen molar-refractivity contribution >= 4 is 12.0 Å². The van der Waals surface area contributed by atoms with Gasteiger partial charge in [0, 0.05) is 12.1 Å². The normalized spacial score (nSPS) is 35.2. The molecule has 2 saturated carbocycles. The van der Waals surface area contributed by atoms with Crippen molar-refractivity contribution in [3.63, 3.8) is 0 Å². The molecule has 0 radical (unpaired) electrons. The Kier molecular flexibility index (Phi) is 3.78. The number of amides is 2. The van der Waals surface area contributed by atoms with Crippen molar-refractivity contribution in [1.29, 1.82) is 0 Å². The molecule has 0 aromatic carbocycles. The predicted octanol–water partition coefficient (Wildman–Crippen LogP) is 1.58. The lowest BCUT2D eigenvalue weighted by molar-refractivity contribution is -0.144. The zero-order valence-electron chi connectivity index (χ0n) is 11.0. The molecule has 0 heterocycles. The summed E-state index contributed by atoms with van der Waals surface area (Å²) in [5, 5.41) is 15.0. The number of nitrogens with one attached hydrogen (secondary N) is 2. The first-order valence-corrected chi connectivity index (χ1v) is 6.82. The van der Waals surface area contributed by atoms with Gasteiger partial charge in [0.2, 0.25) is 0 Å². The highest BCUT2D eigenvalue weighted by Gasteiger charge is 2.51. The quantitative estimate of drug-likeness (QED) is 0.712. The van der Waals surface area contributed by atoms with E-state index in [1.54, 1.807) is 0 Å². The number of fused-ring (bicyclic) bond motifs is 2. The van der Waals surface area contributed by atoms with E-state index in [1.807, 2.05) is 13.8 Å². The van der Waals surface area contributed by atoms with Crippen LogP contribution in [0.2, 0.25) is 0 Å². The van der Waals surface area contributed by atoms with Gasteiger partial charge in [-0.25, -0.2) is 4.79 Å². The van der Waals surface area contributed by atoms with Crippen LogP contribution in [0, 0.1) is 17.8 Å². The maximum absolute atomic E-state index is 11.8. The molecular weight excluding hydrogens is 232 g/mol. The fourth-order valence-electron chi connectivity index (χ4n) is 3.37. The number of rotatable bonds is 4. The minimum Gasteiger partial charge on any atom is -0.481 e. The molecule has 0 saturated heterocycles. The van der Waals surface area contributed by atoms with Crippen LogP contribution in [-0.4, -0.2) is 29.2 Å². The Hall–Kier alpha value is -1.26. The summed E-state index contributed by atoms with van der Waals surface area (Å²) in [6.07, 6.45) is 3.85. The SMILES string of the molecule is CCC(C)NC(=O)NC1C2CCC(C2)C1C(=O)O. The molecule has 5 nitrogen and oxygen atoms in total. The second-order valence-electron chi connectivity index (χ2n) is 5.65. The summed E-state index contributed by atoms with van der Waals surface area (Å²) in [6.45, 7) is 3.94. The van der Waals surface area contributed by atoms with E-state index < -0.39 is 11.9 Å². The second-order valence-corrected chi connectivity index (χ2v) is 5.65. The smallest absolute Gasteiger partial charge is 0.315 e. The Morgan fingerprint density at radius 1 is 1.33 bits per heavy atom. The Bertz CT molecular complexity index is 345. The first-order valence-electron chi connectivity index (χ1n) is 6.82. The van der Waals surface area contributed by atoms with E-state index in [0.29, 0.717) is 5.92 Å². The number of hydrogen-bond donors (Lipinski definition) is 3. The Morgan fingerprint density at radius 2 is 2.00 bits per heavy atom. The highest BCUT2D eigenvalue weighted by atomic mass is 16.4. The third kappa shape index (κ3) is 2.44. The van der Waals surface area contributed by atoms with Crippen LogP contribution in [0.4, 0.5) is 4.79 Å². The van der Waals surface area contributed by atoms with Gasteiger partial charge in [-0.1, -0.05) is 6.92 Å². The van der Waals surface area contributed by atoms with E-state index in [0.717, 1.165) is 25.7 Å². The lowest BCUT2D eigenvalue weighted by atomic mass is 9.84. The Labute approximate surface area is 107 Å². The van der Waals surface area contributed by atoms with Crippen molar-refractivity contribution in [1.82, 2.24) is 10.6 Å². The molecule has 0 spiro atoms. The molecule has 2 aliphatic rings. The van der Waals surface area contributed by atoms with Crippen molar-refractivity contribution < 1.29 is 14.7 Å². The zero-order chi connectivity index (χ0) is 13.3. The number of carboxylic acids is 1. The van der Waals surface area contributed by atoms with E-state index in [2.05, 4.69) is 10.6 Å². The molecule has 2 amide bonds. The van der Waals surface area contributed by atoms with Gasteiger partial charge in [0.05, 0.1) is 5.92 Å². The molecule has 5 atom stereocenters. The monoisotopic (exact) mass is 254 g/mol. The van der Waals surface area contributed by atoms with Crippen LogP contribution < -0.4 is 10.6 Å². The fraction of sp³-hybridized carbons (Fsp3) is 0.846. The number of urea groups is 1.